The number of nitrogens with one attached hydrogen (secondary N) is 1. The first-order valence-corrected chi connectivity index (χ1v) is 7.43. The highest BCUT2D eigenvalue weighted by Gasteiger charge is 2.63. The lowest BCUT2D eigenvalue weighted by molar-refractivity contribution is -0.171. The number of amides is 1. The van der Waals surface area contributed by atoms with Gasteiger partial charge in [-0.15, -0.1) is 0 Å². The maximum absolute atomic E-state index is 12.2. The number of hydrogen-bond acceptors (Lipinski definition) is 4. The number of hydrogen-bond donors (Lipinski definition) is 2. The van der Waals surface area contributed by atoms with Gasteiger partial charge in [0.1, 0.15) is 6.10 Å². The summed E-state index contributed by atoms with van der Waals surface area (Å²) in [6.45, 7) is 6.49. The molecule has 2 saturated carbocycles. The van der Waals surface area contributed by atoms with Crippen molar-refractivity contribution in [2.45, 2.75) is 52.2 Å². The summed E-state index contributed by atoms with van der Waals surface area (Å²) in [5, 5.41) is 11.6. The van der Waals surface area contributed by atoms with Gasteiger partial charge in [-0.3, -0.25) is 9.59 Å². The van der Waals surface area contributed by atoms with Crippen LogP contribution >= 0.6 is 0 Å². The quantitative estimate of drug-likeness (QED) is 0.457. The van der Waals surface area contributed by atoms with Gasteiger partial charge in [0, 0.05) is 5.41 Å². The second kappa shape index (κ2) is 4.20. The Kier molecular flexibility index (Phi) is 2.91. The molecule has 1 saturated heterocycles. The third-order valence-electron chi connectivity index (χ3n) is 6.44. The van der Waals surface area contributed by atoms with E-state index in [4.69, 9.17) is 9.84 Å². The second-order valence-corrected chi connectivity index (χ2v) is 7.31. The van der Waals surface area contributed by atoms with Crippen molar-refractivity contribution in [1.82, 2.24) is 5.32 Å². The summed E-state index contributed by atoms with van der Waals surface area (Å²) in [4.78, 5) is 23.7. The normalized spacial score (nSPS) is 44.9. The summed E-state index contributed by atoms with van der Waals surface area (Å²) in [5.74, 6) is -1.04. The summed E-state index contributed by atoms with van der Waals surface area (Å²) in [6.07, 6.45) is 3.06. The highest BCUT2D eigenvalue weighted by molar-refractivity contribution is 6.03. The van der Waals surface area contributed by atoms with Crippen LogP contribution in [0, 0.1) is 22.7 Å². The van der Waals surface area contributed by atoms with Crippen LogP contribution in [0.2, 0.25) is 0 Å². The lowest BCUT2D eigenvalue weighted by Gasteiger charge is -2.40. The van der Waals surface area contributed by atoms with E-state index in [1.165, 1.54) is 6.42 Å². The Morgan fingerprint density at radius 2 is 2.15 bits per heavy atom. The zero-order valence-electron chi connectivity index (χ0n) is 12.3. The maximum atomic E-state index is 12.2. The molecule has 0 aromatic rings. The van der Waals surface area contributed by atoms with Crippen LogP contribution < -0.4 is 5.32 Å². The zero-order chi connectivity index (χ0) is 14.7. The monoisotopic (exact) mass is 281 g/mol. The molecule has 2 aliphatic carbocycles. The van der Waals surface area contributed by atoms with Crippen LogP contribution in [0.1, 0.15) is 40.0 Å². The number of aliphatic hydroxyl groups excluding tert-OH is 1. The molecule has 5 nitrogen and oxygen atoms in total. The molecule has 1 aliphatic heterocycles. The largest absolute Gasteiger partial charge is 0.461 e. The van der Waals surface area contributed by atoms with Crippen LogP contribution in [-0.4, -0.2) is 35.7 Å². The molecule has 0 aromatic carbocycles. The van der Waals surface area contributed by atoms with Crippen molar-refractivity contribution in [3.63, 3.8) is 0 Å². The van der Waals surface area contributed by atoms with E-state index >= 15 is 0 Å². The second-order valence-electron chi connectivity index (χ2n) is 7.31. The molecule has 2 N–H and O–H groups in total. The first-order chi connectivity index (χ1) is 9.31. The Bertz CT molecular complexity index is 461. The SMILES string of the molecule is CC1(C)C2CCC1(C)C(OC(=O)[C@@H]1C(=O)N[C@@H]1CO)C2. The number of rotatable bonds is 3. The number of β-lactam (4-membered cyclic amide) rings is 1. The molecule has 112 valence electrons. The molecule has 3 aliphatic rings. The van der Waals surface area contributed by atoms with Crippen molar-refractivity contribution in [3.8, 4) is 0 Å². The topological polar surface area (TPSA) is 75.6 Å². The Hall–Kier alpha value is -1.10. The summed E-state index contributed by atoms with van der Waals surface area (Å²) in [6, 6.07) is -0.477. The molecule has 1 amide bonds. The van der Waals surface area contributed by atoms with Gasteiger partial charge in [0.05, 0.1) is 12.6 Å². The van der Waals surface area contributed by atoms with Gasteiger partial charge in [-0.25, -0.2) is 0 Å². The van der Waals surface area contributed by atoms with Crippen LogP contribution in [0.5, 0.6) is 0 Å². The first kappa shape index (κ1) is 13.9. The molecule has 3 unspecified atom stereocenters. The number of esters is 1. The van der Waals surface area contributed by atoms with E-state index < -0.39 is 17.9 Å². The zero-order valence-corrected chi connectivity index (χ0v) is 12.3. The van der Waals surface area contributed by atoms with Crippen LogP contribution in [0.15, 0.2) is 0 Å². The fraction of sp³-hybridized carbons (Fsp3) is 0.867. The highest BCUT2D eigenvalue weighted by Crippen LogP contribution is 2.66. The van der Waals surface area contributed by atoms with E-state index in [1.54, 1.807) is 0 Å². The Balaban J connectivity index is 1.71. The molecule has 0 aromatic heterocycles. The Morgan fingerprint density at radius 3 is 2.60 bits per heavy atom. The van der Waals surface area contributed by atoms with Gasteiger partial charge in [0.25, 0.3) is 0 Å². The highest BCUT2D eigenvalue weighted by atomic mass is 16.5. The Labute approximate surface area is 119 Å². The minimum atomic E-state index is -0.828. The number of carbonyl (C=O) groups is 2. The fourth-order valence-electron chi connectivity index (χ4n) is 4.39. The van der Waals surface area contributed by atoms with E-state index in [-0.39, 0.29) is 29.4 Å². The molecule has 5 heteroatoms. The summed E-state index contributed by atoms with van der Waals surface area (Å²) < 4.78 is 5.68. The molecular formula is C15H23NO4. The Morgan fingerprint density at radius 1 is 1.45 bits per heavy atom. The van der Waals surface area contributed by atoms with Crippen molar-refractivity contribution < 1.29 is 19.4 Å². The number of carbonyl (C=O) groups excluding carboxylic acids is 2. The van der Waals surface area contributed by atoms with Crippen LogP contribution in [0.3, 0.4) is 0 Å². The van der Waals surface area contributed by atoms with Gasteiger partial charge in [-0.05, 0) is 30.6 Å². The maximum Gasteiger partial charge on any atom is 0.321 e. The molecule has 5 atom stereocenters. The predicted octanol–water partition coefficient (Wildman–Crippen LogP) is 0.851. The molecule has 3 fully saturated rings. The molecular weight excluding hydrogens is 258 g/mol. The van der Waals surface area contributed by atoms with E-state index in [0.29, 0.717) is 5.92 Å². The van der Waals surface area contributed by atoms with Crippen molar-refractivity contribution in [2.75, 3.05) is 6.61 Å². The molecule has 0 spiro atoms. The standard InChI is InChI=1S/C15H23NO4/c1-14(2)8-4-5-15(14,3)10(6-8)20-13(19)11-9(7-17)16-12(11)18/h8-11,17H,4-7H2,1-3H3,(H,16,18)/t8?,9-,10?,11+,15?/m1/s1. The molecule has 3 rings (SSSR count). The van der Waals surface area contributed by atoms with Crippen molar-refractivity contribution in [3.05, 3.63) is 0 Å². The van der Waals surface area contributed by atoms with Crippen molar-refractivity contribution >= 4 is 11.9 Å². The van der Waals surface area contributed by atoms with E-state index in [0.717, 1.165) is 12.8 Å². The van der Waals surface area contributed by atoms with Crippen LogP contribution in [-0.2, 0) is 14.3 Å². The molecule has 0 radical (unpaired) electrons. The van der Waals surface area contributed by atoms with Gasteiger partial charge < -0.3 is 15.2 Å². The predicted molar refractivity (Wildman–Crippen MR) is 71.6 cm³/mol. The van der Waals surface area contributed by atoms with Gasteiger partial charge >= 0.3 is 5.97 Å². The lowest BCUT2D eigenvalue weighted by Crippen LogP contribution is -2.63. The third kappa shape index (κ3) is 1.59. The minimum Gasteiger partial charge on any atom is -0.461 e. The third-order valence-corrected chi connectivity index (χ3v) is 6.44. The van der Waals surface area contributed by atoms with E-state index in [9.17, 15) is 9.59 Å². The smallest absolute Gasteiger partial charge is 0.321 e. The summed E-state index contributed by atoms with van der Waals surface area (Å²) in [7, 11) is 0. The summed E-state index contributed by atoms with van der Waals surface area (Å²) >= 11 is 0. The first-order valence-electron chi connectivity index (χ1n) is 7.43. The van der Waals surface area contributed by atoms with Gasteiger partial charge in [-0.1, -0.05) is 20.8 Å². The van der Waals surface area contributed by atoms with Crippen LogP contribution in [0.25, 0.3) is 0 Å². The molecule has 2 bridgehead atoms. The number of ether oxygens (including phenoxy) is 1. The molecule has 1 heterocycles. The number of fused-ring (bicyclic) bond motifs is 2. The fourth-order valence-corrected chi connectivity index (χ4v) is 4.39. The van der Waals surface area contributed by atoms with Crippen LogP contribution in [0.4, 0.5) is 0 Å². The minimum absolute atomic E-state index is 0.00224. The number of aliphatic hydroxyl groups is 1. The lowest BCUT2D eigenvalue weighted by atomic mass is 9.70. The van der Waals surface area contributed by atoms with Gasteiger partial charge in [0.2, 0.25) is 5.91 Å². The van der Waals surface area contributed by atoms with Gasteiger partial charge in [-0.2, -0.15) is 0 Å². The van der Waals surface area contributed by atoms with Gasteiger partial charge in [0.15, 0.2) is 5.92 Å². The summed E-state index contributed by atoms with van der Waals surface area (Å²) in [5.41, 5.74) is 0.179. The average molecular weight is 281 g/mol. The van der Waals surface area contributed by atoms with Crippen molar-refractivity contribution in [2.24, 2.45) is 22.7 Å². The average Bonchev–Trinajstić information content (AvgIpc) is 2.68. The molecule has 20 heavy (non-hydrogen) atoms. The van der Waals surface area contributed by atoms with E-state index in [2.05, 4.69) is 26.1 Å². The van der Waals surface area contributed by atoms with E-state index in [1.807, 2.05) is 0 Å². The van der Waals surface area contributed by atoms with Crippen molar-refractivity contribution in [1.29, 1.82) is 0 Å².